The maximum Gasteiger partial charge on any atom is 0.490 e. The largest absolute Gasteiger partial charge is 0.490 e. The highest BCUT2D eigenvalue weighted by atomic mass is 32.2. The minimum Gasteiger partial charge on any atom is -0.475 e. The van der Waals surface area contributed by atoms with E-state index in [0.717, 1.165) is 36.8 Å². The van der Waals surface area contributed by atoms with Crippen LogP contribution in [0.15, 0.2) is 47.4 Å². The molecule has 3 N–H and O–H groups in total. The Morgan fingerprint density at radius 1 is 1.06 bits per heavy atom. The van der Waals surface area contributed by atoms with Crippen LogP contribution in [0.1, 0.15) is 49.3 Å². The number of sulfonamides is 1. The first kappa shape index (κ1) is 28.2. The second kappa shape index (κ2) is 11.1. The molecule has 0 radical (unpaired) electrons. The van der Waals surface area contributed by atoms with E-state index in [4.69, 9.17) is 9.90 Å². The van der Waals surface area contributed by atoms with Gasteiger partial charge in [0.1, 0.15) is 0 Å². The summed E-state index contributed by atoms with van der Waals surface area (Å²) in [5, 5.41) is 10.1. The van der Waals surface area contributed by atoms with E-state index in [1.165, 1.54) is 0 Å². The van der Waals surface area contributed by atoms with E-state index in [1.54, 1.807) is 31.2 Å². The van der Waals surface area contributed by atoms with Gasteiger partial charge in [-0.25, -0.2) is 13.2 Å². The molecule has 3 rings (SSSR count). The molecule has 11 heteroatoms. The molecule has 2 aromatic rings. The van der Waals surface area contributed by atoms with Gasteiger partial charge in [0.15, 0.2) is 0 Å². The Balaban J connectivity index is 0.000000540. The fraction of sp³-hybridized carbons (Fsp3) is 0.417. The SMILES string of the molecule is CCCCNC(=O)C1(c2ccc(NS(=O)(=O)c3ccc(C)cc3C)cc2)CC1.O=C(O)C(F)(F)F. The molecule has 1 amide bonds. The molecule has 0 unspecified atom stereocenters. The molecule has 0 saturated heterocycles. The van der Waals surface area contributed by atoms with E-state index in [1.807, 2.05) is 25.1 Å². The number of hydrogen-bond acceptors (Lipinski definition) is 4. The number of carbonyl (C=O) groups excluding carboxylic acids is 1. The van der Waals surface area contributed by atoms with Crippen LogP contribution >= 0.6 is 0 Å². The number of alkyl halides is 3. The maximum atomic E-state index is 12.7. The van der Waals surface area contributed by atoms with Crippen molar-refractivity contribution in [3.8, 4) is 0 Å². The number of nitrogens with one attached hydrogen (secondary N) is 2. The van der Waals surface area contributed by atoms with Crippen molar-refractivity contribution in [2.45, 2.75) is 62.9 Å². The number of unbranched alkanes of at least 4 members (excludes halogenated alkanes) is 1. The molecule has 192 valence electrons. The molecule has 0 atom stereocenters. The van der Waals surface area contributed by atoms with E-state index in [9.17, 15) is 26.4 Å². The Bertz CT molecular complexity index is 1160. The van der Waals surface area contributed by atoms with Crippen molar-refractivity contribution in [2.24, 2.45) is 0 Å². The third kappa shape index (κ3) is 7.45. The molecule has 1 fully saturated rings. The highest BCUT2D eigenvalue weighted by Gasteiger charge is 2.51. The van der Waals surface area contributed by atoms with Gasteiger partial charge in [-0.05, 0) is 62.4 Å². The molecule has 0 aliphatic heterocycles. The zero-order valence-corrected chi connectivity index (χ0v) is 20.5. The number of carboxylic acids is 1. The van der Waals surface area contributed by atoms with Gasteiger partial charge < -0.3 is 10.4 Å². The van der Waals surface area contributed by atoms with Gasteiger partial charge >= 0.3 is 12.1 Å². The lowest BCUT2D eigenvalue weighted by molar-refractivity contribution is -0.192. The van der Waals surface area contributed by atoms with Gasteiger partial charge in [0.25, 0.3) is 10.0 Å². The zero-order valence-electron chi connectivity index (χ0n) is 19.7. The van der Waals surface area contributed by atoms with E-state index in [0.29, 0.717) is 17.8 Å². The number of amides is 1. The third-order valence-corrected chi connectivity index (χ3v) is 7.09. The minimum absolute atomic E-state index is 0.0737. The van der Waals surface area contributed by atoms with Crippen LogP contribution in [-0.4, -0.2) is 38.1 Å². The summed E-state index contributed by atoms with van der Waals surface area (Å²) in [5.74, 6) is -2.68. The quantitative estimate of drug-likeness (QED) is 0.443. The minimum atomic E-state index is -5.08. The van der Waals surface area contributed by atoms with Gasteiger partial charge in [0.2, 0.25) is 5.91 Å². The second-order valence-electron chi connectivity index (χ2n) is 8.45. The van der Waals surface area contributed by atoms with E-state index in [-0.39, 0.29) is 10.8 Å². The van der Waals surface area contributed by atoms with Gasteiger partial charge in [0, 0.05) is 12.2 Å². The Labute approximate surface area is 202 Å². The first-order valence-electron chi connectivity index (χ1n) is 11.0. The van der Waals surface area contributed by atoms with Crippen molar-refractivity contribution in [1.29, 1.82) is 0 Å². The number of benzene rings is 2. The summed E-state index contributed by atoms with van der Waals surface area (Å²) in [6, 6.07) is 12.4. The number of aryl methyl sites for hydroxylation is 2. The molecule has 2 aromatic carbocycles. The Morgan fingerprint density at radius 3 is 2.09 bits per heavy atom. The summed E-state index contributed by atoms with van der Waals surface area (Å²) >= 11 is 0. The Kier molecular flexibility index (Phi) is 8.94. The zero-order chi connectivity index (χ0) is 26.4. The number of halogens is 3. The summed E-state index contributed by atoms with van der Waals surface area (Å²) in [6.45, 7) is 6.52. The summed E-state index contributed by atoms with van der Waals surface area (Å²) in [6.07, 6.45) is -1.40. The van der Waals surface area contributed by atoms with Crippen molar-refractivity contribution in [1.82, 2.24) is 5.32 Å². The van der Waals surface area contributed by atoms with Crippen LogP contribution in [0.25, 0.3) is 0 Å². The number of rotatable bonds is 8. The van der Waals surface area contributed by atoms with Crippen molar-refractivity contribution in [2.75, 3.05) is 11.3 Å². The van der Waals surface area contributed by atoms with Crippen LogP contribution in [0.2, 0.25) is 0 Å². The maximum absolute atomic E-state index is 12.7. The average Bonchev–Trinajstić information content (AvgIpc) is 3.55. The van der Waals surface area contributed by atoms with Crippen LogP contribution in [0.5, 0.6) is 0 Å². The van der Waals surface area contributed by atoms with Gasteiger partial charge in [-0.2, -0.15) is 13.2 Å². The molecular weight excluding hydrogens is 485 g/mol. The predicted octanol–water partition coefficient (Wildman–Crippen LogP) is 4.69. The molecule has 0 heterocycles. The normalized spacial score (nSPS) is 14.3. The molecule has 7 nitrogen and oxygen atoms in total. The van der Waals surface area contributed by atoms with Gasteiger partial charge in [-0.3, -0.25) is 9.52 Å². The number of carbonyl (C=O) groups is 2. The smallest absolute Gasteiger partial charge is 0.475 e. The molecule has 0 aromatic heterocycles. The van der Waals surface area contributed by atoms with Crippen molar-refractivity contribution in [3.63, 3.8) is 0 Å². The molecule has 0 spiro atoms. The summed E-state index contributed by atoms with van der Waals surface area (Å²) in [4.78, 5) is 21.7. The van der Waals surface area contributed by atoms with Gasteiger partial charge in [-0.15, -0.1) is 0 Å². The second-order valence-corrected chi connectivity index (χ2v) is 10.1. The topological polar surface area (TPSA) is 113 Å². The highest BCUT2D eigenvalue weighted by molar-refractivity contribution is 7.92. The van der Waals surface area contributed by atoms with Crippen LogP contribution in [-0.2, 0) is 25.0 Å². The summed E-state index contributed by atoms with van der Waals surface area (Å²) < 4.78 is 59.8. The predicted molar refractivity (Wildman–Crippen MR) is 126 cm³/mol. The van der Waals surface area contributed by atoms with E-state index < -0.39 is 27.6 Å². The first-order valence-corrected chi connectivity index (χ1v) is 12.5. The summed E-state index contributed by atoms with van der Waals surface area (Å²) in [5.41, 5.74) is 2.72. The lowest BCUT2D eigenvalue weighted by Gasteiger charge is -2.17. The number of anilines is 1. The van der Waals surface area contributed by atoms with Crippen LogP contribution in [0, 0.1) is 13.8 Å². The lowest BCUT2D eigenvalue weighted by atomic mass is 9.94. The van der Waals surface area contributed by atoms with Gasteiger partial charge in [0.05, 0.1) is 10.3 Å². The van der Waals surface area contributed by atoms with Crippen molar-refractivity contribution < 1.29 is 36.3 Å². The molecule has 1 aliphatic carbocycles. The number of aliphatic carboxylic acids is 1. The highest BCUT2D eigenvalue weighted by Crippen LogP contribution is 2.48. The molecule has 0 bridgehead atoms. The fourth-order valence-corrected chi connectivity index (χ4v) is 4.77. The number of hydrogen-bond donors (Lipinski definition) is 3. The van der Waals surface area contributed by atoms with Crippen LogP contribution in [0.3, 0.4) is 0 Å². The molecule has 1 aliphatic rings. The molecule has 35 heavy (non-hydrogen) atoms. The first-order chi connectivity index (χ1) is 16.2. The van der Waals surface area contributed by atoms with E-state index in [2.05, 4.69) is 17.0 Å². The number of carboxylic acid groups (broad SMARTS) is 1. The van der Waals surface area contributed by atoms with E-state index >= 15 is 0 Å². The fourth-order valence-electron chi connectivity index (χ4n) is 3.49. The Morgan fingerprint density at radius 2 is 1.63 bits per heavy atom. The van der Waals surface area contributed by atoms with Crippen LogP contribution in [0.4, 0.5) is 18.9 Å². The van der Waals surface area contributed by atoms with Crippen molar-refractivity contribution in [3.05, 3.63) is 59.2 Å². The standard InChI is InChI=1S/C22H28N2O3S.C2HF3O2/c1-4-5-14-23-21(25)22(12-13-22)18-7-9-19(10-8-18)24-28(26,27)20-11-6-16(2)15-17(20)3;3-2(4,5)1(6)7/h6-11,15,24H,4-5,12-14H2,1-3H3,(H,23,25);(H,6,7). The average molecular weight is 515 g/mol. The van der Waals surface area contributed by atoms with Gasteiger partial charge in [-0.1, -0.05) is 43.2 Å². The monoisotopic (exact) mass is 514 g/mol. The van der Waals surface area contributed by atoms with Crippen molar-refractivity contribution >= 4 is 27.6 Å². The lowest BCUT2D eigenvalue weighted by Crippen LogP contribution is -2.35. The summed E-state index contributed by atoms with van der Waals surface area (Å²) in [7, 11) is -3.65. The molecule has 1 saturated carbocycles. The van der Waals surface area contributed by atoms with Crippen LogP contribution < -0.4 is 10.0 Å². The third-order valence-electron chi connectivity index (χ3n) is 5.55. The molecular formula is C24H29F3N2O5S. The Hall–Kier alpha value is -3.08.